The molecular formula is C13H17NO3. The molecule has 92 valence electrons. The van der Waals surface area contributed by atoms with Crippen molar-refractivity contribution in [3.8, 4) is 0 Å². The second kappa shape index (κ2) is 6.15. The molecule has 0 spiro atoms. The lowest BCUT2D eigenvalue weighted by molar-refractivity contribution is -0.118. The highest BCUT2D eigenvalue weighted by Crippen LogP contribution is 2.03. The predicted octanol–water partition coefficient (Wildman–Crippen LogP) is 1.00. The van der Waals surface area contributed by atoms with E-state index in [-0.39, 0.29) is 12.5 Å². The number of amides is 1. The van der Waals surface area contributed by atoms with E-state index in [1.165, 1.54) is 0 Å². The van der Waals surface area contributed by atoms with Crippen LogP contribution in [0.1, 0.15) is 24.2 Å². The smallest absolute Gasteiger partial charge is 0.292 e. The summed E-state index contributed by atoms with van der Waals surface area (Å²) in [5.41, 5.74) is 0.352. The van der Waals surface area contributed by atoms with Crippen molar-refractivity contribution in [2.75, 3.05) is 6.61 Å². The van der Waals surface area contributed by atoms with Crippen LogP contribution in [0, 0.1) is 5.92 Å². The van der Waals surface area contributed by atoms with Gasteiger partial charge in [0.1, 0.15) is 0 Å². The van der Waals surface area contributed by atoms with Crippen LogP contribution in [0.3, 0.4) is 0 Å². The first-order valence-electron chi connectivity index (χ1n) is 5.57. The molecule has 0 aliphatic heterocycles. The molecule has 1 aromatic carbocycles. The van der Waals surface area contributed by atoms with Crippen molar-refractivity contribution in [3.63, 3.8) is 0 Å². The molecule has 1 atom stereocenters. The molecule has 0 saturated heterocycles. The third-order valence-corrected chi connectivity index (χ3v) is 2.56. The number of Topliss-reactive ketones (excluding diaryl/α,β-unsaturated/α-hetero) is 1. The van der Waals surface area contributed by atoms with Crippen LogP contribution < -0.4 is 5.32 Å². The first-order chi connectivity index (χ1) is 8.06. The fraction of sp³-hybridized carbons (Fsp3) is 0.385. The average molecular weight is 235 g/mol. The first kappa shape index (κ1) is 13.4. The van der Waals surface area contributed by atoms with Crippen LogP contribution in [-0.2, 0) is 4.79 Å². The summed E-state index contributed by atoms with van der Waals surface area (Å²) in [6.07, 6.45) is 0. The minimum Gasteiger partial charge on any atom is -0.394 e. The summed E-state index contributed by atoms with van der Waals surface area (Å²) in [6, 6.07) is 7.96. The van der Waals surface area contributed by atoms with Crippen molar-refractivity contribution >= 4 is 11.7 Å². The highest BCUT2D eigenvalue weighted by Gasteiger charge is 2.21. The van der Waals surface area contributed by atoms with Crippen molar-refractivity contribution in [2.45, 2.75) is 19.9 Å². The maximum atomic E-state index is 11.7. The summed E-state index contributed by atoms with van der Waals surface area (Å²) in [5, 5.41) is 11.6. The molecule has 4 heteroatoms. The number of ketones is 1. The molecule has 17 heavy (non-hydrogen) atoms. The minimum absolute atomic E-state index is 0.0764. The zero-order valence-electron chi connectivity index (χ0n) is 10.0. The fourth-order valence-corrected chi connectivity index (χ4v) is 1.38. The third-order valence-electron chi connectivity index (χ3n) is 2.56. The maximum Gasteiger partial charge on any atom is 0.292 e. The van der Waals surface area contributed by atoms with Crippen LogP contribution in [0.2, 0.25) is 0 Å². The third kappa shape index (κ3) is 3.67. The number of hydrogen-bond donors (Lipinski definition) is 2. The minimum atomic E-state index is -0.677. The van der Waals surface area contributed by atoms with E-state index in [0.717, 1.165) is 0 Å². The number of nitrogens with one attached hydrogen (secondary N) is 1. The molecule has 0 aromatic heterocycles. The van der Waals surface area contributed by atoms with Gasteiger partial charge in [-0.25, -0.2) is 0 Å². The average Bonchev–Trinajstić information content (AvgIpc) is 2.35. The van der Waals surface area contributed by atoms with E-state index >= 15 is 0 Å². The van der Waals surface area contributed by atoms with Gasteiger partial charge in [0.15, 0.2) is 0 Å². The van der Waals surface area contributed by atoms with Crippen LogP contribution in [0.4, 0.5) is 0 Å². The largest absolute Gasteiger partial charge is 0.394 e. The summed E-state index contributed by atoms with van der Waals surface area (Å²) in [4.78, 5) is 23.4. The molecule has 2 N–H and O–H groups in total. The Morgan fingerprint density at radius 2 is 1.82 bits per heavy atom. The first-order valence-corrected chi connectivity index (χ1v) is 5.57. The molecular weight excluding hydrogens is 218 g/mol. The molecule has 0 saturated carbocycles. The van der Waals surface area contributed by atoms with Crippen LogP contribution in [0.5, 0.6) is 0 Å². The Morgan fingerprint density at radius 3 is 2.29 bits per heavy atom. The second-order valence-corrected chi connectivity index (χ2v) is 4.20. The summed E-state index contributed by atoms with van der Waals surface area (Å²) in [6.45, 7) is 3.56. The van der Waals surface area contributed by atoms with Crippen molar-refractivity contribution in [1.82, 2.24) is 5.32 Å². The Morgan fingerprint density at radius 1 is 1.24 bits per heavy atom. The SMILES string of the molecule is CC(C)[C@@H](CO)NC(=O)C(=O)c1ccccc1. The van der Waals surface area contributed by atoms with E-state index in [4.69, 9.17) is 5.11 Å². The lowest BCUT2D eigenvalue weighted by Gasteiger charge is -2.19. The van der Waals surface area contributed by atoms with E-state index in [1.807, 2.05) is 13.8 Å². The molecule has 1 rings (SSSR count). The molecule has 1 amide bonds. The summed E-state index contributed by atoms with van der Waals surface area (Å²) >= 11 is 0. The fourth-order valence-electron chi connectivity index (χ4n) is 1.38. The number of carbonyl (C=O) groups excluding carboxylic acids is 2. The number of rotatable bonds is 5. The normalized spacial score (nSPS) is 12.2. The number of aliphatic hydroxyl groups is 1. The lowest BCUT2D eigenvalue weighted by atomic mass is 10.0. The van der Waals surface area contributed by atoms with Gasteiger partial charge >= 0.3 is 0 Å². The Bertz CT molecular complexity index is 387. The van der Waals surface area contributed by atoms with Gasteiger partial charge in [0, 0.05) is 5.56 Å². The molecule has 1 aromatic rings. The van der Waals surface area contributed by atoms with Gasteiger partial charge < -0.3 is 10.4 Å². The standard InChI is InChI=1S/C13H17NO3/c1-9(2)11(8-15)14-13(17)12(16)10-6-4-3-5-7-10/h3-7,9,11,15H,8H2,1-2H3,(H,14,17)/t11-/m1/s1. The highest BCUT2D eigenvalue weighted by molar-refractivity contribution is 6.42. The second-order valence-electron chi connectivity index (χ2n) is 4.20. The number of hydrogen-bond acceptors (Lipinski definition) is 3. The van der Waals surface area contributed by atoms with E-state index in [0.29, 0.717) is 5.56 Å². The molecule has 0 aliphatic carbocycles. The maximum absolute atomic E-state index is 11.7. The Kier molecular flexibility index (Phi) is 4.84. The van der Waals surface area contributed by atoms with Gasteiger partial charge in [0.25, 0.3) is 5.91 Å². The Hall–Kier alpha value is -1.68. The van der Waals surface area contributed by atoms with Gasteiger partial charge in [0.05, 0.1) is 12.6 Å². The summed E-state index contributed by atoms with van der Waals surface area (Å²) < 4.78 is 0. The van der Waals surface area contributed by atoms with Crippen LogP contribution >= 0.6 is 0 Å². The van der Waals surface area contributed by atoms with Gasteiger partial charge in [-0.3, -0.25) is 9.59 Å². The zero-order valence-corrected chi connectivity index (χ0v) is 10.0. The molecule has 0 aliphatic rings. The zero-order chi connectivity index (χ0) is 12.8. The monoisotopic (exact) mass is 235 g/mol. The van der Waals surface area contributed by atoms with Crippen molar-refractivity contribution in [1.29, 1.82) is 0 Å². The summed E-state index contributed by atoms with van der Waals surface area (Å²) in [5.74, 6) is -1.18. The van der Waals surface area contributed by atoms with Gasteiger partial charge in [-0.2, -0.15) is 0 Å². The van der Waals surface area contributed by atoms with E-state index in [2.05, 4.69) is 5.32 Å². The molecule has 4 nitrogen and oxygen atoms in total. The summed E-state index contributed by atoms with van der Waals surface area (Å²) in [7, 11) is 0. The van der Waals surface area contributed by atoms with E-state index in [1.54, 1.807) is 30.3 Å². The van der Waals surface area contributed by atoms with Crippen LogP contribution in [0.25, 0.3) is 0 Å². The number of carbonyl (C=O) groups is 2. The topological polar surface area (TPSA) is 66.4 Å². The van der Waals surface area contributed by atoms with Crippen molar-refractivity contribution < 1.29 is 14.7 Å². The molecule has 0 radical (unpaired) electrons. The van der Waals surface area contributed by atoms with Gasteiger partial charge in [0.2, 0.25) is 5.78 Å². The quantitative estimate of drug-likeness (QED) is 0.591. The Labute approximate surface area is 101 Å². The lowest BCUT2D eigenvalue weighted by Crippen LogP contribution is -2.44. The predicted molar refractivity (Wildman–Crippen MR) is 64.6 cm³/mol. The molecule has 0 bridgehead atoms. The Balaban J connectivity index is 2.68. The van der Waals surface area contributed by atoms with E-state index in [9.17, 15) is 9.59 Å². The van der Waals surface area contributed by atoms with Crippen molar-refractivity contribution in [3.05, 3.63) is 35.9 Å². The van der Waals surface area contributed by atoms with Crippen LogP contribution in [0.15, 0.2) is 30.3 Å². The van der Waals surface area contributed by atoms with E-state index < -0.39 is 17.7 Å². The molecule has 0 fully saturated rings. The number of benzene rings is 1. The van der Waals surface area contributed by atoms with Gasteiger partial charge in [-0.15, -0.1) is 0 Å². The van der Waals surface area contributed by atoms with Gasteiger partial charge in [-0.1, -0.05) is 44.2 Å². The molecule has 0 unspecified atom stereocenters. The van der Waals surface area contributed by atoms with Gasteiger partial charge in [-0.05, 0) is 5.92 Å². The van der Waals surface area contributed by atoms with Crippen LogP contribution in [-0.4, -0.2) is 29.4 Å². The van der Waals surface area contributed by atoms with Crippen molar-refractivity contribution in [2.24, 2.45) is 5.92 Å². The number of aliphatic hydroxyl groups excluding tert-OH is 1. The molecule has 0 heterocycles. The highest BCUT2D eigenvalue weighted by atomic mass is 16.3.